The number of nitrogens with zero attached hydrogens (tertiary/aromatic N) is 5. The molecule has 25 heavy (non-hydrogen) atoms. The molecular weight excluding hydrogens is 342 g/mol. The highest BCUT2D eigenvalue weighted by Crippen LogP contribution is 2.33. The monoisotopic (exact) mass is 349 g/mol. The Morgan fingerprint density at radius 2 is 1.72 bits per heavy atom. The minimum Gasteiger partial charge on any atom is -0.436 e. The number of pyridine rings is 1. The molecule has 0 aliphatic heterocycles. The SMILES string of the molecule is Fc1ccc(Oc2nc3cccnc3n3c(C(F)(F)F)nnc23)cc1. The molecule has 3 heterocycles. The van der Waals surface area contributed by atoms with Gasteiger partial charge in [0.15, 0.2) is 5.65 Å². The van der Waals surface area contributed by atoms with Crippen LogP contribution in [0.2, 0.25) is 0 Å². The van der Waals surface area contributed by atoms with Crippen LogP contribution >= 0.6 is 0 Å². The molecule has 10 heteroatoms. The summed E-state index contributed by atoms with van der Waals surface area (Å²) in [5.74, 6) is -1.72. The van der Waals surface area contributed by atoms with Crippen LogP contribution in [0.3, 0.4) is 0 Å². The number of halogens is 4. The van der Waals surface area contributed by atoms with E-state index in [0.29, 0.717) is 0 Å². The van der Waals surface area contributed by atoms with Crippen LogP contribution in [0, 0.1) is 5.82 Å². The van der Waals surface area contributed by atoms with Crippen LogP contribution in [0.4, 0.5) is 17.6 Å². The Bertz CT molecular complexity index is 1080. The van der Waals surface area contributed by atoms with Gasteiger partial charge in [-0.15, -0.1) is 10.2 Å². The average molecular weight is 349 g/mol. The van der Waals surface area contributed by atoms with E-state index in [1.54, 1.807) is 0 Å². The predicted octanol–water partition coefficient (Wildman–Crippen LogP) is 3.62. The molecule has 0 spiro atoms. The minimum atomic E-state index is -4.74. The van der Waals surface area contributed by atoms with E-state index in [1.807, 2.05) is 0 Å². The number of aromatic nitrogens is 5. The van der Waals surface area contributed by atoms with Gasteiger partial charge in [-0.3, -0.25) is 0 Å². The zero-order valence-corrected chi connectivity index (χ0v) is 12.2. The summed E-state index contributed by atoms with van der Waals surface area (Å²) in [6.45, 7) is 0. The molecular formula is C15H7F4N5O. The van der Waals surface area contributed by atoms with Crippen molar-refractivity contribution in [3.8, 4) is 11.6 Å². The van der Waals surface area contributed by atoms with Crippen molar-refractivity contribution in [2.24, 2.45) is 0 Å². The van der Waals surface area contributed by atoms with Crippen molar-refractivity contribution < 1.29 is 22.3 Å². The highest BCUT2D eigenvalue weighted by atomic mass is 19.4. The highest BCUT2D eigenvalue weighted by Gasteiger charge is 2.38. The second-order valence-electron chi connectivity index (χ2n) is 5.00. The van der Waals surface area contributed by atoms with E-state index >= 15 is 0 Å². The average Bonchev–Trinajstić information content (AvgIpc) is 3.03. The number of benzene rings is 1. The van der Waals surface area contributed by atoms with Crippen molar-refractivity contribution in [1.82, 2.24) is 24.6 Å². The number of rotatable bonds is 2. The summed E-state index contributed by atoms with van der Waals surface area (Å²) in [6.07, 6.45) is -3.40. The molecule has 0 aliphatic carbocycles. The van der Waals surface area contributed by atoms with Gasteiger partial charge >= 0.3 is 6.18 Å². The van der Waals surface area contributed by atoms with Gasteiger partial charge < -0.3 is 4.74 Å². The fourth-order valence-electron chi connectivity index (χ4n) is 2.30. The van der Waals surface area contributed by atoms with E-state index in [9.17, 15) is 17.6 Å². The lowest BCUT2D eigenvalue weighted by Crippen LogP contribution is -2.12. The molecule has 0 unspecified atom stereocenters. The smallest absolute Gasteiger partial charge is 0.436 e. The van der Waals surface area contributed by atoms with Crippen LogP contribution in [0.25, 0.3) is 16.8 Å². The van der Waals surface area contributed by atoms with Gasteiger partial charge in [0.1, 0.15) is 17.1 Å². The standard InChI is InChI=1S/C15H7F4N5O/c16-8-3-5-9(6-4-8)25-13-12-22-23-14(15(17,18)19)24(12)11-10(21-13)2-1-7-20-11/h1-7H. The molecule has 0 saturated heterocycles. The van der Waals surface area contributed by atoms with E-state index in [-0.39, 0.29) is 28.4 Å². The maximum atomic E-state index is 13.2. The molecule has 0 amide bonds. The van der Waals surface area contributed by atoms with Gasteiger partial charge in [-0.05, 0) is 36.4 Å². The first-order valence-corrected chi connectivity index (χ1v) is 6.94. The topological polar surface area (TPSA) is 65.2 Å². The van der Waals surface area contributed by atoms with E-state index in [1.165, 1.54) is 30.5 Å². The molecule has 3 aromatic heterocycles. The Hall–Kier alpha value is -3.30. The number of hydrogen-bond acceptors (Lipinski definition) is 5. The van der Waals surface area contributed by atoms with Gasteiger partial charge in [0.25, 0.3) is 5.88 Å². The van der Waals surface area contributed by atoms with Crippen LogP contribution in [-0.4, -0.2) is 24.6 Å². The zero-order chi connectivity index (χ0) is 17.6. The van der Waals surface area contributed by atoms with Gasteiger partial charge in [0.05, 0.1) is 0 Å². The summed E-state index contributed by atoms with van der Waals surface area (Å²) < 4.78 is 58.9. The maximum absolute atomic E-state index is 13.2. The van der Waals surface area contributed by atoms with Gasteiger partial charge in [0.2, 0.25) is 11.5 Å². The molecule has 4 rings (SSSR count). The van der Waals surface area contributed by atoms with E-state index < -0.39 is 17.8 Å². The molecule has 0 fully saturated rings. The molecule has 0 N–H and O–H groups in total. The van der Waals surface area contributed by atoms with Crippen LogP contribution in [0.1, 0.15) is 5.82 Å². The number of fused-ring (bicyclic) bond motifs is 3. The van der Waals surface area contributed by atoms with Gasteiger partial charge in [0, 0.05) is 6.20 Å². The molecule has 6 nitrogen and oxygen atoms in total. The maximum Gasteiger partial charge on any atom is 0.452 e. The van der Waals surface area contributed by atoms with Crippen molar-refractivity contribution in [3.63, 3.8) is 0 Å². The first kappa shape index (κ1) is 15.2. The molecule has 4 aromatic rings. The second-order valence-corrected chi connectivity index (χ2v) is 5.00. The third-order valence-electron chi connectivity index (χ3n) is 3.34. The van der Waals surface area contributed by atoms with E-state index in [0.717, 1.165) is 16.5 Å². The highest BCUT2D eigenvalue weighted by molar-refractivity contribution is 5.76. The lowest BCUT2D eigenvalue weighted by atomic mass is 10.3. The van der Waals surface area contributed by atoms with Crippen molar-refractivity contribution in [2.45, 2.75) is 6.18 Å². The van der Waals surface area contributed by atoms with Gasteiger partial charge in [-0.2, -0.15) is 13.2 Å². The van der Waals surface area contributed by atoms with Crippen LogP contribution in [-0.2, 0) is 6.18 Å². The van der Waals surface area contributed by atoms with Crippen molar-refractivity contribution in [1.29, 1.82) is 0 Å². The Morgan fingerprint density at radius 3 is 2.44 bits per heavy atom. The summed E-state index contributed by atoms with van der Waals surface area (Å²) in [7, 11) is 0. The molecule has 0 radical (unpaired) electrons. The summed E-state index contributed by atoms with van der Waals surface area (Å²) in [4.78, 5) is 8.08. The first-order valence-electron chi connectivity index (χ1n) is 6.94. The van der Waals surface area contributed by atoms with Gasteiger partial charge in [-0.1, -0.05) is 0 Å². The van der Waals surface area contributed by atoms with Crippen molar-refractivity contribution in [2.75, 3.05) is 0 Å². The van der Waals surface area contributed by atoms with Gasteiger partial charge in [-0.25, -0.2) is 18.8 Å². The molecule has 0 bridgehead atoms. The first-order chi connectivity index (χ1) is 11.9. The van der Waals surface area contributed by atoms with Crippen LogP contribution in [0.5, 0.6) is 11.6 Å². The quantitative estimate of drug-likeness (QED) is 0.517. The predicted molar refractivity (Wildman–Crippen MR) is 77.6 cm³/mol. The lowest BCUT2D eigenvalue weighted by Gasteiger charge is -2.09. The third-order valence-corrected chi connectivity index (χ3v) is 3.34. The largest absolute Gasteiger partial charge is 0.452 e. The van der Waals surface area contributed by atoms with Crippen LogP contribution < -0.4 is 4.74 Å². The fourth-order valence-corrected chi connectivity index (χ4v) is 2.30. The number of ether oxygens (including phenoxy) is 1. The zero-order valence-electron chi connectivity index (χ0n) is 12.2. The van der Waals surface area contributed by atoms with Crippen molar-refractivity contribution in [3.05, 3.63) is 54.2 Å². The Kier molecular flexibility index (Phi) is 3.27. The minimum absolute atomic E-state index is 0.0544. The molecule has 0 aliphatic rings. The summed E-state index contributed by atoms with van der Waals surface area (Å²) >= 11 is 0. The second kappa shape index (κ2) is 5.36. The summed E-state index contributed by atoms with van der Waals surface area (Å²) in [5.41, 5.74) is -0.137. The summed E-state index contributed by atoms with van der Waals surface area (Å²) in [5, 5.41) is 6.74. The van der Waals surface area contributed by atoms with E-state index in [2.05, 4.69) is 20.2 Å². The number of hydrogen-bond donors (Lipinski definition) is 0. The number of alkyl halides is 3. The van der Waals surface area contributed by atoms with Crippen molar-refractivity contribution >= 4 is 16.8 Å². The lowest BCUT2D eigenvalue weighted by molar-refractivity contribution is -0.145. The Morgan fingerprint density at radius 1 is 0.960 bits per heavy atom. The van der Waals surface area contributed by atoms with Crippen LogP contribution in [0.15, 0.2) is 42.6 Å². The Labute approximate surface area is 136 Å². The van der Waals surface area contributed by atoms with E-state index in [4.69, 9.17) is 4.74 Å². The molecule has 1 aromatic carbocycles. The molecule has 126 valence electrons. The fraction of sp³-hybridized carbons (Fsp3) is 0.0667. The normalized spacial score (nSPS) is 12.0. The molecule has 0 atom stereocenters. The third kappa shape index (κ3) is 2.61. The Balaban J connectivity index is 1.97. The molecule has 0 saturated carbocycles. The summed E-state index contributed by atoms with van der Waals surface area (Å²) in [6, 6.07) is 7.96.